The molecule has 0 aliphatic rings. The number of aldehydes is 1. The van der Waals surface area contributed by atoms with Gasteiger partial charge in [-0.2, -0.15) is 0 Å². The number of halogens is 1. The molecule has 0 aliphatic carbocycles. The summed E-state index contributed by atoms with van der Waals surface area (Å²) in [6, 6.07) is 10.6. The van der Waals surface area contributed by atoms with Crippen LogP contribution in [0.15, 0.2) is 42.5 Å². The van der Waals surface area contributed by atoms with Crippen LogP contribution in [0.5, 0.6) is 5.75 Å². The van der Waals surface area contributed by atoms with E-state index in [0.29, 0.717) is 17.4 Å². The van der Waals surface area contributed by atoms with Crippen molar-refractivity contribution in [1.29, 1.82) is 0 Å². The monoisotopic (exact) mass is 288 g/mol. The van der Waals surface area contributed by atoms with Gasteiger partial charge in [0.05, 0.1) is 0 Å². The molecule has 21 heavy (non-hydrogen) atoms. The molecule has 0 radical (unpaired) electrons. The number of rotatable bonds is 5. The highest BCUT2D eigenvalue weighted by atomic mass is 19.1. The molecule has 0 unspecified atom stereocenters. The van der Waals surface area contributed by atoms with Crippen molar-refractivity contribution in [2.75, 3.05) is 0 Å². The Balaban J connectivity index is 2.09. The molecule has 2 aromatic rings. The fourth-order valence-electron chi connectivity index (χ4n) is 1.75. The van der Waals surface area contributed by atoms with E-state index < -0.39 is 11.7 Å². The van der Waals surface area contributed by atoms with E-state index >= 15 is 0 Å². The van der Waals surface area contributed by atoms with Gasteiger partial charge in [0.1, 0.15) is 12.9 Å². The summed E-state index contributed by atoms with van der Waals surface area (Å²) < 4.78 is 19.0. The van der Waals surface area contributed by atoms with Gasteiger partial charge in [-0.15, -0.1) is 0 Å². The second-order valence-electron chi connectivity index (χ2n) is 4.27. The summed E-state index contributed by atoms with van der Waals surface area (Å²) in [5.74, 6) is 4.06. The SMILES string of the molecule is NNC(=O)c1cccc(COc2ccc(C=O)cc2F)c1. The number of nitrogen functional groups attached to an aromatic ring is 1. The van der Waals surface area contributed by atoms with Crippen LogP contribution in [-0.2, 0) is 6.61 Å². The van der Waals surface area contributed by atoms with Crippen LogP contribution in [0.3, 0.4) is 0 Å². The van der Waals surface area contributed by atoms with Crippen molar-refractivity contribution in [3.63, 3.8) is 0 Å². The number of hydrogen-bond acceptors (Lipinski definition) is 4. The molecule has 0 fully saturated rings. The first-order valence-electron chi connectivity index (χ1n) is 6.11. The van der Waals surface area contributed by atoms with Gasteiger partial charge in [-0.05, 0) is 35.9 Å². The van der Waals surface area contributed by atoms with Crippen molar-refractivity contribution in [2.24, 2.45) is 5.84 Å². The predicted octanol–water partition coefficient (Wildman–Crippen LogP) is 1.82. The average Bonchev–Trinajstić information content (AvgIpc) is 2.53. The number of hydrazine groups is 1. The Bertz CT molecular complexity index is 674. The third-order valence-corrected chi connectivity index (χ3v) is 2.81. The van der Waals surface area contributed by atoms with Gasteiger partial charge in [-0.25, -0.2) is 10.2 Å². The normalized spacial score (nSPS) is 10.0. The van der Waals surface area contributed by atoms with E-state index in [2.05, 4.69) is 0 Å². The molecule has 5 nitrogen and oxygen atoms in total. The highest BCUT2D eigenvalue weighted by molar-refractivity contribution is 5.93. The van der Waals surface area contributed by atoms with Gasteiger partial charge in [-0.3, -0.25) is 15.0 Å². The number of nitrogens with two attached hydrogens (primary N) is 1. The Hall–Kier alpha value is -2.73. The molecule has 108 valence electrons. The van der Waals surface area contributed by atoms with E-state index in [9.17, 15) is 14.0 Å². The van der Waals surface area contributed by atoms with E-state index in [-0.39, 0.29) is 17.9 Å². The summed E-state index contributed by atoms with van der Waals surface area (Å²) in [6.45, 7) is 0.0864. The maximum absolute atomic E-state index is 13.6. The molecular weight excluding hydrogens is 275 g/mol. The van der Waals surface area contributed by atoms with E-state index in [1.54, 1.807) is 24.3 Å². The maximum Gasteiger partial charge on any atom is 0.265 e. The second-order valence-corrected chi connectivity index (χ2v) is 4.27. The lowest BCUT2D eigenvalue weighted by Gasteiger charge is -2.08. The van der Waals surface area contributed by atoms with Crippen LogP contribution < -0.4 is 16.0 Å². The smallest absolute Gasteiger partial charge is 0.265 e. The molecule has 0 aromatic heterocycles. The van der Waals surface area contributed by atoms with E-state index in [4.69, 9.17) is 10.6 Å². The van der Waals surface area contributed by atoms with E-state index in [1.807, 2.05) is 5.43 Å². The zero-order valence-corrected chi connectivity index (χ0v) is 11.0. The molecule has 0 bridgehead atoms. The first-order valence-corrected chi connectivity index (χ1v) is 6.11. The summed E-state index contributed by atoms with van der Waals surface area (Å²) in [7, 11) is 0. The number of carbonyl (C=O) groups excluding carboxylic acids is 2. The van der Waals surface area contributed by atoms with Gasteiger partial charge < -0.3 is 4.74 Å². The van der Waals surface area contributed by atoms with E-state index in [1.165, 1.54) is 12.1 Å². The molecule has 0 heterocycles. The van der Waals surface area contributed by atoms with Gasteiger partial charge in [0.2, 0.25) is 0 Å². The van der Waals surface area contributed by atoms with Crippen LogP contribution in [0.1, 0.15) is 26.3 Å². The molecule has 3 N–H and O–H groups in total. The standard InChI is InChI=1S/C15H13FN2O3/c16-13-7-10(8-19)4-5-14(13)21-9-11-2-1-3-12(6-11)15(20)18-17/h1-8H,9,17H2,(H,18,20). The van der Waals surface area contributed by atoms with Crippen molar-refractivity contribution >= 4 is 12.2 Å². The van der Waals surface area contributed by atoms with Gasteiger partial charge in [0.15, 0.2) is 11.6 Å². The quantitative estimate of drug-likeness (QED) is 0.380. The number of amides is 1. The van der Waals surface area contributed by atoms with Crippen molar-refractivity contribution < 1.29 is 18.7 Å². The molecule has 2 aromatic carbocycles. The zero-order chi connectivity index (χ0) is 15.2. The molecule has 0 spiro atoms. The zero-order valence-electron chi connectivity index (χ0n) is 11.0. The summed E-state index contributed by atoms with van der Waals surface area (Å²) in [4.78, 5) is 21.9. The van der Waals surface area contributed by atoms with Crippen LogP contribution in [0.4, 0.5) is 4.39 Å². The molecule has 2 rings (SSSR count). The molecule has 0 aliphatic heterocycles. The molecular formula is C15H13FN2O3. The van der Waals surface area contributed by atoms with Gasteiger partial charge in [0, 0.05) is 11.1 Å². The minimum absolute atomic E-state index is 0.0364. The van der Waals surface area contributed by atoms with Crippen molar-refractivity contribution in [3.8, 4) is 5.75 Å². The van der Waals surface area contributed by atoms with Crippen LogP contribution >= 0.6 is 0 Å². The van der Waals surface area contributed by atoms with Crippen LogP contribution in [-0.4, -0.2) is 12.2 Å². The second kappa shape index (κ2) is 6.62. The summed E-state index contributed by atoms with van der Waals surface area (Å²) in [5.41, 5.74) is 3.34. The van der Waals surface area contributed by atoms with Crippen LogP contribution in [0, 0.1) is 5.82 Å². The highest BCUT2D eigenvalue weighted by Gasteiger charge is 2.07. The number of benzene rings is 2. The fraction of sp³-hybridized carbons (Fsp3) is 0.0667. The minimum atomic E-state index is -0.615. The number of hydrogen-bond donors (Lipinski definition) is 2. The van der Waals surface area contributed by atoms with Crippen molar-refractivity contribution in [2.45, 2.75) is 6.61 Å². The Kier molecular flexibility index (Phi) is 4.63. The number of ether oxygens (including phenoxy) is 1. The predicted molar refractivity (Wildman–Crippen MR) is 74.2 cm³/mol. The minimum Gasteiger partial charge on any atom is -0.486 e. The van der Waals surface area contributed by atoms with Crippen LogP contribution in [0.25, 0.3) is 0 Å². The van der Waals surface area contributed by atoms with Crippen LogP contribution in [0.2, 0.25) is 0 Å². The third kappa shape index (κ3) is 3.64. The topological polar surface area (TPSA) is 81.4 Å². The Labute approximate surface area is 120 Å². The maximum atomic E-state index is 13.6. The molecule has 0 atom stereocenters. The van der Waals surface area contributed by atoms with Crippen molar-refractivity contribution in [3.05, 3.63) is 65.0 Å². The first-order chi connectivity index (χ1) is 10.1. The summed E-state index contributed by atoms with van der Waals surface area (Å²) >= 11 is 0. The lowest BCUT2D eigenvalue weighted by atomic mass is 10.1. The molecule has 6 heteroatoms. The lowest BCUT2D eigenvalue weighted by Crippen LogP contribution is -2.30. The summed E-state index contributed by atoms with van der Waals surface area (Å²) in [5, 5.41) is 0. The Morgan fingerprint density at radius 3 is 2.76 bits per heavy atom. The van der Waals surface area contributed by atoms with Gasteiger partial charge in [-0.1, -0.05) is 12.1 Å². The third-order valence-electron chi connectivity index (χ3n) is 2.81. The highest BCUT2D eigenvalue weighted by Crippen LogP contribution is 2.19. The van der Waals surface area contributed by atoms with Gasteiger partial charge in [0.25, 0.3) is 5.91 Å². The fourth-order valence-corrected chi connectivity index (χ4v) is 1.75. The number of carbonyl (C=O) groups is 2. The molecule has 1 amide bonds. The van der Waals surface area contributed by atoms with Gasteiger partial charge >= 0.3 is 0 Å². The van der Waals surface area contributed by atoms with E-state index in [0.717, 1.165) is 6.07 Å². The molecule has 0 saturated heterocycles. The Morgan fingerprint density at radius 1 is 1.29 bits per heavy atom. The lowest BCUT2D eigenvalue weighted by molar-refractivity contribution is 0.0953. The largest absolute Gasteiger partial charge is 0.486 e. The first kappa shape index (κ1) is 14.7. The molecule has 0 saturated carbocycles. The summed E-state index contributed by atoms with van der Waals surface area (Å²) in [6.07, 6.45) is 0.557. The van der Waals surface area contributed by atoms with Crippen molar-refractivity contribution in [1.82, 2.24) is 5.43 Å². The number of nitrogens with one attached hydrogen (secondary N) is 1. The average molecular weight is 288 g/mol. The Morgan fingerprint density at radius 2 is 2.10 bits per heavy atom.